The highest BCUT2D eigenvalue weighted by Gasteiger charge is 2.15. The van der Waals surface area contributed by atoms with Gasteiger partial charge in [-0.15, -0.1) is 16.4 Å². The van der Waals surface area contributed by atoms with Crippen LogP contribution < -0.4 is 10.1 Å². The highest BCUT2D eigenvalue weighted by atomic mass is 127. The van der Waals surface area contributed by atoms with Crippen molar-refractivity contribution >= 4 is 50.7 Å². The van der Waals surface area contributed by atoms with Crippen LogP contribution in [0.4, 0.5) is 5.95 Å². The Bertz CT molecular complexity index is 1110. The fourth-order valence-corrected chi connectivity index (χ4v) is 3.99. The number of thiazole rings is 1. The highest BCUT2D eigenvalue weighted by Crippen LogP contribution is 2.28. The molecule has 0 aliphatic rings. The maximum atomic E-state index is 12.5. The molecule has 4 rings (SSSR count). The molecule has 0 saturated heterocycles. The first-order valence-electron chi connectivity index (χ1n) is 7.70. The Labute approximate surface area is 167 Å². The van der Waals surface area contributed by atoms with Crippen LogP contribution >= 0.6 is 33.9 Å². The Kier molecular flexibility index (Phi) is 4.60. The minimum Gasteiger partial charge on any atom is -0.497 e. The standard InChI is InChI=1S/C18H13IN4O2S/c1-25-12-6-4-5-11(9-12)15-10-26-18-21-17(22-23(15)18)20-16(24)13-7-2-3-8-14(13)19/h2-10H,1H3,(H,20,22,24). The Morgan fingerprint density at radius 1 is 1.23 bits per heavy atom. The largest absolute Gasteiger partial charge is 0.497 e. The number of rotatable bonds is 4. The van der Waals surface area contributed by atoms with E-state index in [1.54, 1.807) is 17.7 Å². The highest BCUT2D eigenvalue weighted by molar-refractivity contribution is 14.1. The zero-order chi connectivity index (χ0) is 18.1. The van der Waals surface area contributed by atoms with Crippen molar-refractivity contribution < 1.29 is 9.53 Å². The van der Waals surface area contributed by atoms with Crippen molar-refractivity contribution in [1.82, 2.24) is 14.6 Å². The molecule has 0 bridgehead atoms. The minimum atomic E-state index is -0.226. The monoisotopic (exact) mass is 476 g/mol. The fraction of sp³-hybridized carbons (Fsp3) is 0.0556. The second kappa shape index (κ2) is 7.04. The number of carbonyl (C=O) groups is 1. The number of aromatic nitrogens is 3. The molecule has 8 heteroatoms. The number of halogens is 1. The molecule has 2 aromatic heterocycles. The number of nitrogens with zero attached hydrogens (tertiary/aromatic N) is 3. The predicted molar refractivity (Wildman–Crippen MR) is 110 cm³/mol. The van der Waals surface area contributed by atoms with Crippen molar-refractivity contribution in [2.24, 2.45) is 0 Å². The summed E-state index contributed by atoms with van der Waals surface area (Å²) < 4.78 is 7.89. The maximum Gasteiger partial charge on any atom is 0.259 e. The van der Waals surface area contributed by atoms with E-state index in [0.29, 0.717) is 10.5 Å². The van der Waals surface area contributed by atoms with Gasteiger partial charge in [0.25, 0.3) is 11.9 Å². The molecule has 0 aliphatic heterocycles. The van der Waals surface area contributed by atoms with E-state index in [1.807, 2.05) is 47.8 Å². The van der Waals surface area contributed by atoms with Gasteiger partial charge in [-0.2, -0.15) is 4.98 Å². The molecular formula is C18H13IN4O2S. The summed E-state index contributed by atoms with van der Waals surface area (Å²) >= 11 is 3.60. The van der Waals surface area contributed by atoms with Crippen LogP contribution in [0.3, 0.4) is 0 Å². The first-order chi connectivity index (χ1) is 12.7. The predicted octanol–water partition coefficient (Wildman–Crippen LogP) is 4.32. The molecule has 0 unspecified atom stereocenters. The number of anilines is 1. The molecule has 0 fully saturated rings. The Hall–Kier alpha value is -2.46. The molecule has 0 radical (unpaired) electrons. The van der Waals surface area contributed by atoms with Crippen molar-refractivity contribution in [1.29, 1.82) is 0 Å². The lowest BCUT2D eigenvalue weighted by Crippen LogP contribution is -2.14. The van der Waals surface area contributed by atoms with Gasteiger partial charge in [0.1, 0.15) is 5.75 Å². The van der Waals surface area contributed by atoms with E-state index in [-0.39, 0.29) is 11.9 Å². The summed E-state index contributed by atoms with van der Waals surface area (Å²) in [7, 11) is 1.64. The summed E-state index contributed by atoms with van der Waals surface area (Å²) in [5.74, 6) is 0.830. The third-order valence-electron chi connectivity index (χ3n) is 3.79. The number of fused-ring (bicyclic) bond motifs is 1. The van der Waals surface area contributed by atoms with Crippen LogP contribution in [0.15, 0.2) is 53.9 Å². The Balaban J connectivity index is 1.66. The summed E-state index contributed by atoms with van der Waals surface area (Å²) in [6, 6.07) is 15.1. The molecule has 0 aliphatic carbocycles. The molecule has 6 nitrogen and oxygen atoms in total. The second-order valence-electron chi connectivity index (χ2n) is 5.42. The SMILES string of the molecule is COc1cccc(-c2csc3nc(NC(=O)c4ccccc4I)nn23)c1. The molecule has 0 saturated carbocycles. The van der Waals surface area contributed by atoms with Gasteiger partial charge in [-0.25, -0.2) is 4.52 Å². The molecule has 0 atom stereocenters. The minimum absolute atomic E-state index is 0.226. The third-order valence-corrected chi connectivity index (χ3v) is 5.55. The van der Waals surface area contributed by atoms with Crippen LogP contribution in [0.2, 0.25) is 0 Å². The number of carbonyl (C=O) groups excluding carboxylic acids is 1. The van der Waals surface area contributed by atoms with Crippen molar-refractivity contribution in [3.63, 3.8) is 0 Å². The van der Waals surface area contributed by atoms with Crippen LogP contribution in [0.5, 0.6) is 5.75 Å². The molecule has 2 heterocycles. The van der Waals surface area contributed by atoms with Crippen molar-refractivity contribution in [2.45, 2.75) is 0 Å². The van der Waals surface area contributed by atoms with Gasteiger partial charge in [0, 0.05) is 14.5 Å². The first kappa shape index (κ1) is 17.0. The van der Waals surface area contributed by atoms with Crippen molar-refractivity contribution in [3.05, 3.63) is 63.0 Å². The normalized spacial score (nSPS) is 10.8. The van der Waals surface area contributed by atoms with E-state index in [2.05, 4.69) is 38.0 Å². The molecule has 1 N–H and O–H groups in total. The van der Waals surface area contributed by atoms with Gasteiger partial charge in [0.15, 0.2) is 0 Å². The van der Waals surface area contributed by atoms with Crippen LogP contribution in [-0.4, -0.2) is 27.6 Å². The average molecular weight is 476 g/mol. The van der Waals surface area contributed by atoms with Gasteiger partial charge in [-0.3, -0.25) is 10.1 Å². The average Bonchev–Trinajstić information content (AvgIpc) is 3.22. The molecule has 2 aromatic carbocycles. The van der Waals surface area contributed by atoms with E-state index < -0.39 is 0 Å². The number of methoxy groups -OCH3 is 1. The molecule has 130 valence electrons. The maximum absolute atomic E-state index is 12.5. The van der Waals surface area contributed by atoms with Crippen LogP contribution in [0.1, 0.15) is 10.4 Å². The summed E-state index contributed by atoms with van der Waals surface area (Å²) in [5, 5.41) is 9.19. The lowest BCUT2D eigenvalue weighted by molar-refractivity contribution is 0.102. The lowest BCUT2D eigenvalue weighted by atomic mass is 10.2. The fourth-order valence-electron chi connectivity index (χ4n) is 2.53. The summed E-state index contributed by atoms with van der Waals surface area (Å²) in [6.45, 7) is 0. The number of hydrogen-bond donors (Lipinski definition) is 1. The molecular weight excluding hydrogens is 463 g/mol. The molecule has 26 heavy (non-hydrogen) atoms. The van der Waals surface area contributed by atoms with Crippen LogP contribution in [0.25, 0.3) is 16.2 Å². The number of ether oxygens (including phenoxy) is 1. The van der Waals surface area contributed by atoms with E-state index in [0.717, 1.165) is 20.6 Å². The van der Waals surface area contributed by atoms with E-state index in [1.165, 1.54) is 11.3 Å². The quantitative estimate of drug-likeness (QED) is 0.446. The molecule has 1 amide bonds. The smallest absolute Gasteiger partial charge is 0.259 e. The van der Waals surface area contributed by atoms with E-state index in [4.69, 9.17) is 4.74 Å². The number of nitrogens with one attached hydrogen (secondary N) is 1. The van der Waals surface area contributed by atoms with Gasteiger partial charge in [0.05, 0.1) is 18.4 Å². The summed E-state index contributed by atoms with van der Waals surface area (Å²) in [5.41, 5.74) is 2.46. The van der Waals surface area contributed by atoms with Crippen molar-refractivity contribution in [2.75, 3.05) is 12.4 Å². The number of amides is 1. The van der Waals surface area contributed by atoms with Crippen LogP contribution in [0, 0.1) is 3.57 Å². The number of hydrogen-bond acceptors (Lipinski definition) is 5. The van der Waals surface area contributed by atoms with Crippen molar-refractivity contribution in [3.8, 4) is 17.0 Å². The Morgan fingerprint density at radius 3 is 2.88 bits per heavy atom. The number of benzene rings is 2. The first-order valence-corrected chi connectivity index (χ1v) is 9.66. The van der Waals surface area contributed by atoms with Crippen LogP contribution in [-0.2, 0) is 0 Å². The van der Waals surface area contributed by atoms with E-state index in [9.17, 15) is 4.79 Å². The third kappa shape index (κ3) is 3.17. The second-order valence-corrected chi connectivity index (χ2v) is 7.42. The summed E-state index contributed by atoms with van der Waals surface area (Å²) in [4.78, 5) is 17.6. The van der Waals surface area contributed by atoms with Gasteiger partial charge in [0.2, 0.25) is 4.96 Å². The lowest BCUT2D eigenvalue weighted by Gasteiger charge is -2.03. The topological polar surface area (TPSA) is 68.5 Å². The molecule has 4 aromatic rings. The van der Waals surface area contributed by atoms with Gasteiger partial charge < -0.3 is 4.74 Å². The zero-order valence-corrected chi connectivity index (χ0v) is 16.6. The zero-order valence-electron chi connectivity index (χ0n) is 13.6. The Morgan fingerprint density at radius 2 is 2.08 bits per heavy atom. The van der Waals surface area contributed by atoms with Gasteiger partial charge in [-0.05, 0) is 46.9 Å². The van der Waals surface area contributed by atoms with Gasteiger partial charge in [-0.1, -0.05) is 24.3 Å². The van der Waals surface area contributed by atoms with Gasteiger partial charge >= 0.3 is 0 Å². The summed E-state index contributed by atoms with van der Waals surface area (Å²) in [6.07, 6.45) is 0. The molecule has 0 spiro atoms. The van der Waals surface area contributed by atoms with E-state index >= 15 is 0 Å².